The average Bonchev–Trinajstić information content (AvgIpc) is 2.69. The fourth-order valence-electron chi connectivity index (χ4n) is 3.67. The van der Waals surface area contributed by atoms with Gasteiger partial charge in [-0.2, -0.15) is 0 Å². The Balaban J connectivity index is 1.88. The van der Waals surface area contributed by atoms with Crippen molar-refractivity contribution in [2.75, 3.05) is 34.4 Å². The highest BCUT2D eigenvalue weighted by Gasteiger charge is 2.23. The van der Waals surface area contributed by atoms with Crippen LogP contribution >= 0.6 is 0 Å². The van der Waals surface area contributed by atoms with E-state index in [4.69, 9.17) is 14.2 Å². The van der Waals surface area contributed by atoms with E-state index in [2.05, 4.69) is 29.4 Å². The van der Waals surface area contributed by atoms with Gasteiger partial charge in [0.25, 0.3) is 0 Å². The van der Waals surface area contributed by atoms with Crippen LogP contribution in [0.25, 0.3) is 0 Å². The van der Waals surface area contributed by atoms with E-state index in [9.17, 15) is 4.79 Å². The molecule has 27 heavy (non-hydrogen) atoms. The number of amides is 2. The summed E-state index contributed by atoms with van der Waals surface area (Å²) in [4.78, 5) is 14.7. The summed E-state index contributed by atoms with van der Waals surface area (Å²) in [7, 11) is 4.71. The second kappa shape index (κ2) is 10.3. The van der Waals surface area contributed by atoms with Gasteiger partial charge in [0.05, 0.1) is 21.3 Å². The minimum atomic E-state index is -0.191. The zero-order valence-corrected chi connectivity index (χ0v) is 17.1. The zero-order valence-electron chi connectivity index (χ0n) is 17.1. The number of carbonyl (C=O) groups excluding carboxylic acids is 1. The molecule has 0 saturated carbocycles. The molecule has 2 amide bonds. The van der Waals surface area contributed by atoms with Crippen molar-refractivity contribution in [1.82, 2.24) is 15.5 Å². The van der Waals surface area contributed by atoms with Crippen molar-refractivity contribution in [3.63, 3.8) is 0 Å². The predicted octanol–water partition coefficient (Wildman–Crippen LogP) is 2.77. The predicted molar refractivity (Wildman–Crippen MR) is 106 cm³/mol. The van der Waals surface area contributed by atoms with Crippen LogP contribution in [-0.2, 0) is 6.54 Å². The van der Waals surface area contributed by atoms with Gasteiger partial charge >= 0.3 is 6.03 Å². The van der Waals surface area contributed by atoms with Crippen molar-refractivity contribution in [3.05, 3.63) is 17.7 Å². The smallest absolute Gasteiger partial charge is 0.315 e. The summed E-state index contributed by atoms with van der Waals surface area (Å²) in [6, 6.07) is 4.37. The van der Waals surface area contributed by atoms with Crippen LogP contribution in [0.3, 0.4) is 0 Å². The van der Waals surface area contributed by atoms with Gasteiger partial charge in [-0.15, -0.1) is 0 Å². The van der Waals surface area contributed by atoms with Crippen molar-refractivity contribution in [1.29, 1.82) is 0 Å². The molecular formula is C20H33N3O4. The maximum atomic E-state index is 12.2. The molecule has 1 aliphatic rings. The molecule has 1 aromatic carbocycles. The Morgan fingerprint density at radius 3 is 2.52 bits per heavy atom. The first kappa shape index (κ1) is 21.2. The largest absolute Gasteiger partial charge is 0.493 e. The number of piperidine rings is 1. The van der Waals surface area contributed by atoms with E-state index in [1.54, 1.807) is 27.4 Å². The summed E-state index contributed by atoms with van der Waals surface area (Å²) in [5.74, 6) is 1.67. The van der Waals surface area contributed by atoms with Gasteiger partial charge in [-0.1, -0.05) is 6.42 Å². The SMILES string of the molecule is COc1ccc(CNC(=O)NC[C@@H](C)N2CCCC[C@H]2C)c(OC)c1OC. The molecule has 7 nitrogen and oxygen atoms in total. The highest BCUT2D eigenvalue weighted by Crippen LogP contribution is 2.39. The lowest BCUT2D eigenvalue weighted by Gasteiger charge is -2.38. The Labute approximate surface area is 162 Å². The third-order valence-corrected chi connectivity index (χ3v) is 5.20. The maximum absolute atomic E-state index is 12.2. The molecule has 0 unspecified atom stereocenters. The summed E-state index contributed by atoms with van der Waals surface area (Å²) in [5, 5.41) is 5.86. The van der Waals surface area contributed by atoms with Gasteiger partial charge in [-0.25, -0.2) is 4.79 Å². The van der Waals surface area contributed by atoms with Crippen molar-refractivity contribution in [2.45, 2.75) is 51.7 Å². The maximum Gasteiger partial charge on any atom is 0.315 e. The second-order valence-corrected chi connectivity index (χ2v) is 6.99. The minimum absolute atomic E-state index is 0.191. The van der Waals surface area contributed by atoms with E-state index in [1.165, 1.54) is 19.3 Å². The molecule has 0 bridgehead atoms. The van der Waals surface area contributed by atoms with Gasteiger partial charge in [-0.3, -0.25) is 4.90 Å². The summed E-state index contributed by atoms with van der Waals surface area (Å²) in [6.07, 6.45) is 3.76. The molecule has 2 atom stereocenters. The van der Waals surface area contributed by atoms with Crippen LogP contribution in [0.5, 0.6) is 17.2 Å². The number of benzene rings is 1. The summed E-state index contributed by atoms with van der Waals surface area (Å²) in [6.45, 7) is 6.50. The molecular weight excluding hydrogens is 346 g/mol. The lowest BCUT2D eigenvalue weighted by molar-refractivity contribution is 0.114. The number of urea groups is 1. The van der Waals surface area contributed by atoms with Gasteiger partial charge in [0.2, 0.25) is 5.75 Å². The topological polar surface area (TPSA) is 72.1 Å². The quantitative estimate of drug-likeness (QED) is 0.727. The lowest BCUT2D eigenvalue weighted by atomic mass is 10.0. The number of likely N-dealkylation sites (tertiary alicyclic amines) is 1. The third-order valence-electron chi connectivity index (χ3n) is 5.20. The van der Waals surface area contributed by atoms with Gasteiger partial charge < -0.3 is 24.8 Å². The Bertz CT molecular complexity index is 623. The molecule has 1 fully saturated rings. The van der Waals surface area contributed by atoms with Crippen LogP contribution in [0.2, 0.25) is 0 Å². The number of hydrogen-bond donors (Lipinski definition) is 2. The summed E-state index contributed by atoms with van der Waals surface area (Å²) < 4.78 is 16.1. The molecule has 2 N–H and O–H groups in total. The zero-order chi connectivity index (χ0) is 19.8. The van der Waals surface area contributed by atoms with Crippen molar-refractivity contribution in [3.8, 4) is 17.2 Å². The van der Waals surface area contributed by atoms with Gasteiger partial charge in [0, 0.05) is 30.7 Å². The fraction of sp³-hybridized carbons (Fsp3) is 0.650. The standard InChI is InChI=1S/C20H33N3O4/c1-14-8-6-7-11-23(14)15(2)12-21-20(24)22-13-16-9-10-17(25-3)19(27-5)18(16)26-4/h9-10,14-15H,6-8,11-13H2,1-5H3,(H2,21,22,24)/t14-,15-/m1/s1. The first-order valence-corrected chi connectivity index (χ1v) is 9.57. The molecule has 152 valence electrons. The third kappa shape index (κ3) is 5.42. The van der Waals surface area contributed by atoms with Crippen molar-refractivity contribution < 1.29 is 19.0 Å². The van der Waals surface area contributed by atoms with Crippen LogP contribution in [0.4, 0.5) is 4.79 Å². The molecule has 2 rings (SSSR count). The van der Waals surface area contributed by atoms with E-state index >= 15 is 0 Å². The second-order valence-electron chi connectivity index (χ2n) is 6.99. The summed E-state index contributed by atoms with van der Waals surface area (Å²) in [5.41, 5.74) is 0.822. The summed E-state index contributed by atoms with van der Waals surface area (Å²) >= 11 is 0. The average molecular weight is 380 g/mol. The number of carbonyl (C=O) groups is 1. The van der Waals surface area contributed by atoms with Gasteiger partial charge in [0.15, 0.2) is 11.5 Å². The van der Waals surface area contributed by atoms with E-state index in [0.29, 0.717) is 42.4 Å². The lowest BCUT2D eigenvalue weighted by Crippen LogP contribution is -2.49. The van der Waals surface area contributed by atoms with Crippen LogP contribution in [-0.4, -0.2) is 57.4 Å². The van der Waals surface area contributed by atoms with Gasteiger partial charge in [-0.05, 0) is 45.4 Å². The van der Waals surface area contributed by atoms with E-state index in [-0.39, 0.29) is 6.03 Å². The van der Waals surface area contributed by atoms with Crippen molar-refractivity contribution in [2.24, 2.45) is 0 Å². The number of nitrogens with zero attached hydrogens (tertiary/aromatic N) is 1. The number of methoxy groups -OCH3 is 3. The number of hydrogen-bond acceptors (Lipinski definition) is 5. The van der Waals surface area contributed by atoms with E-state index in [1.807, 2.05) is 6.07 Å². The number of ether oxygens (including phenoxy) is 3. The number of nitrogens with one attached hydrogen (secondary N) is 2. The molecule has 7 heteroatoms. The van der Waals surface area contributed by atoms with Crippen LogP contribution < -0.4 is 24.8 Å². The number of rotatable bonds is 8. The Morgan fingerprint density at radius 1 is 1.15 bits per heavy atom. The monoisotopic (exact) mass is 379 g/mol. The normalized spacial score (nSPS) is 18.5. The molecule has 0 spiro atoms. The molecule has 1 heterocycles. The molecule has 1 aromatic rings. The van der Waals surface area contributed by atoms with Crippen LogP contribution in [0.1, 0.15) is 38.7 Å². The molecule has 1 aliphatic heterocycles. The highest BCUT2D eigenvalue weighted by atomic mass is 16.5. The molecule has 1 saturated heterocycles. The molecule has 0 radical (unpaired) electrons. The van der Waals surface area contributed by atoms with Crippen molar-refractivity contribution >= 4 is 6.03 Å². The minimum Gasteiger partial charge on any atom is -0.493 e. The fourth-order valence-corrected chi connectivity index (χ4v) is 3.67. The Kier molecular flexibility index (Phi) is 8.03. The molecule has 0 aromatic heterocycles. The Hall–Kier alpha value is -2.15. The highest BCUT2D eigenvalue weighted by molar-refractivity contribution is 5.74. The van der Waals surface area contributed by atoms with Crippen LogP contribution in [0, 0.1) is 0 Å². The van der Waals surface area contributed by atoms with Gasteiger partial charge in [0.1, 0.15) is 0 Å². The first-order chi connectivity index (χ1) is 13.0. The van der Waals surface area contributed by atoms with Crippen LogP contribution in [0.15, 0.2) is 12.1 Å². The molecule has 0 aliphatic carbocycles. The van der Waals surface area contributed by atoms with E-state index < -0.39 is 0 Å². The Morgan fingerprint density at radius 2 is 1.89 bits per heavy atom. The first-order valence-electron chi connectivity index (χ1n) is 9.57. The van der Waals surface area contributed by atoms with E-state index in [0.717, 1.165) is 12.1 Å².